The van der Waals surface area contributed by atoms with Gasteiger partial charge in [0.15, 0.2) is 0 Å². The maximum Gasteiger partial charge on any atom is 0.310 e. The maximum absolute atomic E-state index is 13.8. The lowest BCUT2D eigenvalue weighted by atomic mass is 9.70. The van der Waals surface area contributed by atoms with E-state index < -0.39 is 41.6 Å². The number of ether oxygens (including phenoxy) is 1. The molecule has 2 N–H and O–H groups in total. The molecule has 8 nitrogen and oxygen atoms in total. The average molecular weight is 423 g/mol. The van der Waals surface area contributed by atoms with Crippen molar-refractivity contribution in [1.82, 2.24) is 9.80 Å². The molecule has 0 saturated carbocycles. The summed E-state index contributed by atoms with van der Waals surface area (Å²) in [5.41, 5.74) is -1.15. The number of nitrogens with zero attached hydrogens (tertiary/aromatic N) is 2. The molecule has 8 heteroatoms. The molecule has 3 heterocycles. The fourth-order valence-corrected chi connectivity index (χ4v) is 5.72. The monoisotopic (exact) mass is 422 g/mol. The van der Waals surface area contributed by atoms with E-state index in [1.807, 2.05) is 27.7 Å². The summed E-state index contributed by atoms with van der Waals surface area (Å²) >= 11 is 0. The van der Waals surface area contributed by atoms with Crippen molar-refractivity contribution in [2.24, 2.45) is 17.8 Å². The normalized spacial score (nSPS) is 33.3. The molecular formula is C22H34N2O6. The summed E-state index contributed by atoms with van der Waals surface area (Å²) in [6.45, 7) is 11.5. The van der Waals surface area contributed by atoms with Crippen molar-refractivity contribution in [2.45, 2.75) is 76.8 Å². The molecule has 0 radical (unpaired) electrons. The van der Waals surface area contributed by atoms with E-state index >= 15 is 0 Å². The van der Waals surface area contributed by atoms with E-state index in [1.165, 1.54) is 4.90 Å². The van der Waals surface area contributed by atoms with E-state index in [9.17, 15) is 24.6 Å². The van der Waals surface area contributed by atoms with Crippen molar-refractivity contribution >= 4 is 17.8 Å². The molecule has 0 aromatic carbocycles. The summed E-state index contributed by atoms with van der Waals surface area (Å²) in [5.74, 6) is -3.40. The Balaban J connectivity index is 2.10. The zero-order chi connectivity index (χ0) is 22.4. The lowest BCUT2D eigenvalue weighted by Crippen LogP contribution is -2.59. The van der Waals surface area contributed by atoms with E-state index in [-0.39, 0.29) is 30.4 Å². The van der Waals surface area contributed by atoms with Crippen LogP contribution >= 0.6 is 0 Å². The SMILES string of the molecule is C=CCN(C(=O)C1N([C@@H](CO)CC(C)C)C(=O)[C@@H]2[C@@H](C(=O)O)[C@H]3CCC12O3)C(C)C. The van der Waals surface area contributed by atoms with Gasteiger partial charge < -0.3 is 24.7 Å². The van der Waals surface area contributed by atoms with Crippen LogP contribution in [0.25, 0.3) is 0 Å². The lowest BCUT2D eigenvalue weighted by Gasteiger charge is -2.40. The Hall–Kier alpha value is -1.93. The highest BCUT2D eigenvalue weighted by Crippen LogP contribution is 2.59. The van der Waals surface area contributed by atoms with E-state index in [0.29, 0.717) is 25.8 Å². The summed E-state index contributed by atoms with van der Waals surface area (Å²) < 4.78 is 6.20. The summed E-state index contributed by atoms with van der Waals surface area (Å²) in [4.78, 5) is 42.5. The number of hydrogen-bond acceptors (Lipinski definition) is 5. The van der Waals surface area contributed by atoms with Crippen LogP contribution < -0.4 is 0 Å². The van der Waals surface area contributed by atoms with Crippen molar-refractivity contribution in [3.63, 3.8) is 0 Å². The topological polar surface area (TPSA) is 107 Å². The first-order valence-electron chi connectivity index (χ1n) is 10.9. The van der Waals surface area contributed by atoms with Crippen LogP contribution in [0, 0.1) is 17.8 Å². The molecule has 2 amide bonds. The largest absolute Gasteiger partial charge is 0.481 e. The third-order valence-electron chi connectivity index (χ3n) is 6.84. The molecular weight excluding hydrogens is 388 g/mol. The molecule has 0 aromatic rings. The van der Waals surface area contributed by atoms with Crippen LogP contribution in [0.1, 0.15) is 47.0 Å². The first kappa shape index (κ1) is 22.7. The van der Waals surface area contributed by atoms with Gasteiger partial charge in [0.1, 0.15) is 11.6 Å². The van der Waals surface area contributed by atoms with Crippen molar-refractivity contribution in [1.29, 1.82) is 0 Å². The summed E-state index contributed by atoms with van der Waals surface area (Å²) in [6.07, 6.45) is 2.57. The van der Waals surface area contributed by atoms with Gasteiger partial charge in [-0.15, -0.1) is 6.58 Å². The summed E-state index contributed by atoms with van der Waals surface area (Å²) in [6, 6.07) is -1.64. The van der Waals surface area contributed by atoms with Gasteiger partial charge in [0, 0.05) is 12.6 Å². The molecule has 3 fully saturated rings. The highest BCUT2D eigenvalue weighted by molar-refractivity contribution is 5.98. The highest BCUT2D eigenvalue weighted by atomic mass is 16.5. The number of likely N-dealkylation sites (tertiary alicyclic amines) is 1. The fraction of sp³-hybridized carbons (Fsp3) is 0.773. The van der Waals surface area contributed by atoms with E-state index in [4.69, 9.17) is 4.74 Å². The second kappa shape index (κ2) is 8.30. The number of amides is 2. The van der Waals surface area contributed by atoms with Gasteiger partial charge in [0.05, 0.1) is 30.6 Å². The third-order valence-corrected chi connectivity index (χ3v) is 6.84. The number of fused-ring (bicyclic) bond motifs is 1. The number of aliphatic hydroxyl groups is 1. The molecule has 1 spiro atoms. The molecule has 3 saturated heterocycles. The quantitative estimate of drug-likeness (QED) is 0.542. The number of carboxylic acids is 1. The first-order valence-corrected chi connectivity index (χ1v) is 10.9. The van der Waals surface area contributed by atoms with Gasteiger partial charge in [-0.3, -0.25) is 14.4 Å². The molecule has 3 rings (SSSR count). The Bertz CT molecular complexity index is 722. The maximum atomic E-state index is 13.8. The van der Waals surface area contributed by atoms with Crippen molar-refractivity contribution in [3.05, 3.63) is 12.7 Å². The molecule has 0 aliphatic carbocycles. The van der Waals surface area contributed by atoms with Crippen molar-refractivity contribution < 1.29 is 29.3 Å². The van der Waals surface area contributed by atoms with Gasteiger partial charge >= 0.3 is 5.97 Å². The lowest BCUT2D eigenvalue weighted by molar-refractivity contribution is -0.154. The molecule has 2 unspecified atom stereocenters. The van der Waals surface area contributed by atoms with Crippen LogP contribution in [0.4, 0.5) is 0 Å². The predicted octanol–water partition coefficient (Wildman–Crippen LogP) is 1.28. The number of carbonyl (C=O) groups is 3. The molecule has 3 aliphatic heterocycles. The molecule has 0 aromatic heterocycles. The number of hydrogen-bond donors (Lipinski definition) is 2. The van der Waals surface area contributed by atoms with E-state index in [0.717, 1.165) is 0 Å². The Kier molecular flexibility index (Phi) is 6.30. The van der Waals surface area contributed by atoms with Gasteiger partial charge in [-0.1, -0.05) is 19.9 Å². The second-order valence-corrected chi connectivity index (χ2v) is 9.48. The van der Waals surface area contributed by atoms with Crippen molar-refractivity contribution in [3.8, 4) is 0 Å². The Morgan fingerprint density at radius 1 is 1.37 bits per heavy atom. The van der Waals surface area contributed by atoms with Gasteiger partial charge in [-0.05, 0) is 39.0 Å². The molecule has 30 heavy (non-hydrogen) atoms. The van der Waals surface area contributed by atoms with Gasteiger partial charge in [-0.25, -0.2) is 0 Å². The van der Waals surface area contributed by atoms with Gasteiger partial charge in [0.25, 0.3) is 0 Å². The summed E-state index contributed by atoms with van der Waals surface area (Å²) in [7, 11) is 0. The zero-order valence-corrected chi connectivity index (χ0v) is 18.3. The number of carboxylic acid groups (broad SMARTS) is 1. The van der Waals surface area contributed by atoms with Gasteiger partial charge in [0.2, 0.25) is 11.8 Å². The Morgan fingerprint density at radius 3 is 2.53 bits per heavy atom. The van der Waals surface area contributed by atoms with E-state index in [1.54, 1.807) is 11.0 Å². The number of carbonyl (C=O) groups excluding carboxylic acids is 2. The Labute approximate surface area is 177 Å². The van der Waals surface area contributed by atoms with Crippen LogP contribution in [0.2, 0.25) is 0 Å². The highest BCUT2D eigenvalue weighted by Gasteiger charge is 2.75. The van der Waals surface area contributed by atoms with Gasteiger partial charge in [-0.2, -0.15) is 0 Å². The molecule has 168 valence electrons. The summed E-state index contributed by atoms with van der Waals surface area (Å²) in [5, 5.41) is 19.9. The van der Waals surface area contributed by atoms with Crippen LogP contribution in [-0.4, -0.2) is 80.8 Å². The number of aliphatic carboxylic acids is 1. The second-order valence-electron chi connectivity index (χ2n) is 9.48. The van der Waals surface area contributed by atoms with Crippen molar-refractivity contribution in [2.75, 3.05) is 13.2 Å². The Morgan fingerprint density at radius 2 is 2.03 bits per heavy atom. The van der Waals surface area contributed by atoms with Crippen LogP contribution in [0.3, 0.4) is 0 Å². The average Bonchev–Trinajstić information content (AvgIpc) is 3.30. The van der Waals surface area contributed by atoms with Crippen LogP contribution in [-0.2, 0) is 19.1 Å². The zero-order valence-electron chi connectivity index (χ0n) is 18.3. The molecule has 6 atom stereocenters. The minimum atomic E-state index is -1.15. The first-order chi connectivity index (χ1) is 14.1. The fourth-order valence-electron chi connectivity index (χ4n) is 5.72. The molecule has 3 aliphatic rings. The number of aliphatic hydroxyl groups excluding tert-OH is 1. The molecule has 2 bridgehead atoms. The minimum absolute atomic E-state index is 0.130. The third kappa shape index (κ3) is 3.34. The predicted molar refractivity (Wildman–Crippen MR) is 109 cm³/mol. The minimum Gasteiger partial charge on any atom is -0.481 e. The smallest absolute Gasteiger partial charge is 0.310 e. The van der Waals surface area contributed by atoms with E-state index in [2.05, 4.69) is 6.58 Å². The standard InChI is InChI=1S/C22H34N2O6/c1-6-9-23(13(4)5)20(27)18-22-8-7-15(30-22)16(21(28)29)17(22)19(26)24(18)14(11-25)10-12(2)3/h6,12-18,25H,1,7-11H2,2-5H3,(H,28,29)/t14-,15-,16+,17+,18?,22?/m1/s1. The van der Waals surface area contributed by atoms with Crippen LogP contribution in [0.5, 0.6) is 0 Å². The van der Waals surface area contributed by atoms with Crippen LogP contribution in [0.15, 0.2) is 12.7 Å². The number of rotatable bonds is 9.